The highest BCUT2D eigenvalue weighted by Crippen LogP contribution is 2.31. The van der Waals surface area contributed by atoms with E-state index in [1.165, 1.54) is 11.5 Å². The molecule has 1 aliphatic rings. The Labute approximate surface area is 138 Å². The van der Waals surface area contributed by atoms with Crippen molar-refractivity contribution in [2.45, 2.75) is 19.3 Å². The van der Waals surface area contributed by atoms with Gasteiger partial charge in [0.1, 0.15) is 0 Å². The molecule has 2 heterocycles. The van der Waals surface area contributed by atoms with Crippen LogP contribution in [0.4, 0.5) is 0 Å². The Hall–Kier alpha value is -2.21. The Morgan fingerprint density at radius 1 is 1.26 bits per heavy atom. The third kappa shape index (κ3) is 3.27. The van der Waals surface area contributed by atoms with Gasteiger partial charge < -0.3 is 10.0 Å². The molecule has 3 rings (SSSR count). The number of hydrogen-bond acceptors (Lipinski definition) is 4. The molecule has 0 unspecified atom stereocenters. The van der Waals surface area contributed by atoms with Gasteiger partial charge in [0.05, 0.1) is 17.2 Å². The number of aliphatic carboxylic acids is 1. The van der Waals surface area contributed by atoms with Crippen LogP contribution in [0.25, 0.3) is 0 Å². The van der Waals surface area contributed by atoms with Crippen molar-refractivity contribution in [3.63, 3.8) is 0 Å². The van der Waals surface area contributed by atoms with E-state index in [1.54, 1.807) is 17.2 Å². The number of carboxylic acid groups (broad SMARTS) is 1. The summed E-state index contributed by atoms with van der Waals surface area (Å²) in [6.07, 6.45) is 0.560. The minimum absolute atomic E-state index is 0.0434. The van der Waals surface area contributed by atoms with Gasteiger partial charge in [-0.3, -0.25) is 9.59 Å². The second kappa shape index (κ2) is 6.50. The molecule has 2 aromatic rings. The van der Waals surface area contributed by atoms with Crippen molar-refractivity contribution in [3.05, 3.63) is 52.5 Å². The molecule has 1 saturated heterocycles. The molecule has 5 nitrogen and oxygen atoms in total. The number of piperidine rings is 1. The van der Waals surface area contributed by atoms with Gasteiger partial charge in [-0.1, -0.05) is 30.3 Å². The van der Waals surface area contributed by atoms with Gasteiger partial charge in [-0.05, 0) is 30.4 Å². The highest BCUT2D eigenvalue weighted by atomic mass is 32.1. The van der Waals surface area contributed by atoms with Crippen LogP contribution < -0.4 is 0 Å². The van der Waals surface area contributed by atoms with Crippen LogP contribution in [0.1, 0.15) is 34.0 Å². The van der Waals surface area contributed by atoms with E-state index in [9.17, 15) is 14.7 Å². The van der Waals surface area contributed by atoms with Crippen LogP contribution in [0, 0.1) is 12.8 Å². The van der Waals surface area contributed by atoms with Gasteiger partial charge in [0.25, 0.3) is 5.91 Å². The smallest absolute Gasteiger partial charge is 0.308 e. The van der Waals surface area contributed by atoms with Gasteiger partial charge in [0.2, 0.25) is 0 Å². The SMILES string of the molecule is Cc1nscc1C(=O)N1C[C@H](C(=O)O)C[C@H](c2ccccc2)C1. The summed E-state index contributed by atoms with van der Waals surface area (Å²) in [6, 6.07) is 9.81. The Morgan fingerprint density at radius 2 is 2.00 bits per heavy atom. The van der Waals surface area contributed by atoms with Gasteiger partial charge >= 0.3 is 5.97 Å². The van der Waals surface area contributed by atoms with Crippen LogP contribution >= 0.6 is 11.5 Å². The molecular weight excluding hydrogens is 312 g/mol. The number of rotatable bonds is 3. The molecule has 0 radical (unpaired) electrons. The lowest BCUT2D eigenvalue weighted by atomic mass is 9.84. The van der Waals surface area contributed by atoms with Crippen molar-refractivity contribution < 1.29 is 14.7 Å². The van der Waals surface area contributed by atoms with E-state index in [1.807, 2.05) is 30.3 Å². The molecule has 1 aliphatic heterocycles. The zero-order chi connectivity index (χ0) is 16.4. The Balaban J connectivity index is 1.86. The third-order valence-corrected chi connectivity index (χ3v) is 5.06. The van der Waals surface area contributed by atoms with Crippen LogP contribution in [0.3, 0.4) is 0 Å². The van der Waals surface area contributed by atoms with Crippen molar-refractivity contribution in [3.8, 4) is 0 Å². The van der Waals surface area contributed by atoms with E-state index in [0.717, 1.165) is 5.56 Å². The predicted octanol–water partition coefficient (Wildman–Crippen LogP) is 2.78. The summed E-state index contributed by atoms with van der Waals surface area (Å²) in [5.41, 5.74) is 2.36. The maximum absolute atomic E-state index is 12.7. The normalized spacial score (nSPS) is 21.2. The number of likely N-dealkylation sites (tertiary alicyclic amines) is 1. The van der Waals surface area contributed by atoms with E-state index in [4.69, 9.17) is 0 Å². The molecule has 120 valence electrons. The average molecular weight is 330 g/mol. The zero-order valence-corrected chi connectivity index (χ0v) is 13.6. The fourth-order valence-electron chi connectivity index (χ4n) is 3.08. The first-order chi connectivity index (χ1) is 11.1. The summed E-state index contributed by atoms with van der Waals surface area (Å²) in [7, 11) is 0. The quantitative estimate of drug-likeness (QED) is 0.939. The molecule has 6 heteroatoms. The van der Waals surface area contributed by atoms with Crippen LogP contribution in [0.5, 0.6) is 0 Å². The van der Waals surface area contributed by atoms with Gasteiger partial charge in [-0.15, -0.1) is 0 Å². The summed E-state index contributed by atoms with van der Waals surface area (Å²) in [5, 5.41) is 11.2. The van der Waals surface area contributed by atoms with Crippen LogP contribution in [-0.4, -0.2) is 39.3 Å². The molecule has 1 aromatic heterocycles. The number of benzene rings is 1. The molecular formula is C17H18N2O3S. The van der Waals surface area contributed by atoms with E-state index in [0.29, 0.717) is 24.2 Å². The monoisotopic (exact) mass is 330 g/mol. The summed E-state index contributed by atoms with van der Waals surface area (Å²) in [4.78, 5) is 25.9. The van der Waals surface area contributed by atoms with Crippen LogP contribution in [0.15, 0.2) is 35.7 Å². The molecule has 0 aliphatic carbocycles. The molecule has 2 atom stereocenters. The standard InChI is InChI=1S/C17H18N2O3S/c1-11-15(10-23-18-11)16(20)19-8-13(7-14(9-19)17(21)22)12-5-3-2-4-6-12/h2-6,10,13-14H,7-9H2,1H3,(H,21,22)/t13-,14+/m0/s1. The van der Waals surface area contributed by atoms with E-state index in [2.05, 4.69) is 4.37 Å². The van der Waals surface area contributed by atoms with Gasteiger partial charge in [0, 0.05) is 24.4 Å². The topological polar surface area (TPSA) is 70.5 Å². The molecule has 23 heavy (non-hydrogen) atoms. The Morgan fingerprint density at radius 3 is 2.61 bits per heavy atom. The average Bonchev–Trinajstić information content (AvgIpc) is 3.00. The molecule has 1 fully saturated rings. The van der Waals surface area contributed by atoms with Crippen molar-refractivity contribution in [2.75, 3.05) is 13.1 Å². The molecule has 1 N–H and O–H groups in total. The zero-order valence-electron chi connectivity index (χ0n) is 12.8. The number of amides is 1. The summed E-state index contributed by atoms with van der Waals surface area (Å²) in [6.45, 7) is 2.60. The highest BCUT2D eigenvalue weighted by Gasteiger charge is 2.35. The largest absolute Gasteiger partial charge is 0.481 e. The van der Waals surface area contributed by atoms with Crippen molar-refractivity contribution in [1.82, 2.24) is 9.27 Å². The number of carboxylic acids is 1. The van der Waals surface area contributed by atoms with Gasteiger partial charge in [0.15, 0.2) is 0 Å². The van der Waals surface area contributed by atoms with Gasteiger partial charge in [-0.25, -0.2) is 0 Å². The number of aryl methyl sites for hydroxylation is 1. The minimum Gasteiger partial charge on any atom is -0.481 e. The number of hydrogen-bond donors (Lipinski definition) is 1. The van der Waals surface area contributed by atoms with Crippen LogP contribution in [0.2, 0.25) is 0 Å². The van der Waals surface area contributed by atoms with E-state index < -0.39 is 11.9 Å². The number of nitrogens with zero attached hydrogens (tertiary/aromatic N) is 2. The summed E-state index contributed by atoms with van der Waals surface area (Å²) >= 11 is 1.25. The molecule has 1 amide bonds. The maximum Gasteiger partial charge on any atom is 0.308 e. The lowest BCUT2D eigenvalue weighted by Crippen LogP contribution is -2.45. The number of carbonyl (C=O) groups excluding carboxylic acids is 1. The molecule has 1 aromatic carbocycles. The summed E-state index contributed by atoms with van der Waals surface area (Å²) < 4.78 is 4.14. The van der Waals surface area contributed by atoms with Crippen molar-refractivity contribution in [2.24, 2.45) is 5.92 Å². The maximum atomic E-state index is 12.7. The van der Waals surface area contributed by atoms with E-state index >= 15 is 0 Å². The Kier molecular flexibility index (Phi) is 4.43. The third-order valence-electron chi connectivity index (χ3n) is 4.34. The Bertz CT molecular complexity index is 714. The molecule has 0 saturated carbocycles. The predicted molar refractivity (Wildman–Crippen MR) is 87.7 cm³/mol. The lowest BCUT2D eigenvalue weighted by Gasteiger charge is -2.36. The number of carbonyl (C=O) groups is 2. The highest BCUT2D eigenvalue weighted by molar-refractivity contribution is 7.03. The van der Waals surface area contributed by atoms with Crippen molar-refractivity contribution >= 4 is 23.4 Å². The fourth-order valence-corrected chi connectivity index (χ4v) is 3.76. The lowest BCUT2D eigenvalue weighted by molar-refractivity contribution is -0.143. The second-order valence-electron chi connectivity index (χ2n) is 5.90. The molecule has 0 bridgehead atoms. The van der Waals surface area contributed by atoms with Crippen molar-refractivity contribution in [1.29, 1.82) is 0 Å². The van der Waals surface area contributed by atoms with Crippen LogP contribution in [-0.2, 0) is 4.79 Å². The first-order valence-electron chi connectivity index (χ1n) is 7.54. The number of aromatic nitrogens is 1. The van der Waals surface area contributed by atoms with E-state index in [-0.39, 0.29) is 18.4 Å². The van der Waals surface area contributed by atoms with Gasteiger partial charge in [-0.2, -0.15) is 4.37 Å². The molecule has 0 spiro atoms. The first kappa shape index (κ1) is 15.7. The second-order valence-corrected chi connectivity index (χ2v) is 6.53. The summed E-state index contributed by atoms with van der Waals surface area (Å²) in [5.74, 6) is -1.46. The minimum atomic E-state index is -0.844. The first-order valence-corrected chi connectivity index (χ1v) is 8.38. The fraction of sp³-hybridized carbons (Fsp3) is 0.353.